The smallest absolute Gasteiger partial charge is 0.465 e. The summed E-state index contributed by atoms with van der Waals surface area (Å²) >= 11 is 0. The van der Waals surface area contributed by atoms with Crippen LogP contribution in [-0.4, -0.2) is 66.1 Å². The Balaban J connectivity index is 1.77. The molecule has 0 bridgehead atoms. The maximum atomic E-state index is 15.9. The lowest BCUT2D eigenvalue weighted by atomic mass is 9.77. The fourth-order valence-electron chi connectivity index (χ4n) is 4.31. The number of benzene rings is 1. The second-order valence-corrected chi connectivity index (χ2v) is 11.3. The third kappa shape index (κ3) is 4.76. The number of nitrogens with one attached hydrogen (secondary N) is 1. The molecule has 194 valence electrons. The number of fused-ring (bicyclic) bond motifs is 1. The summed E-state index contributed by atoms with van der Waals surface area (Å²) in [4.78, 5) is 29.8. The first kappa shape index (κ1) is 26.2. The van der Waals surface area contributed by atoms with Crippen molar-refractivity contribution >= 4 is 41.1 Å². The van der Waals surface area contributed by atoms with Gasteiger partial charge in [0, 0.05) is 22.9 Å². The number of ether oxygens (including phenoxy) is 2. The molecule has 0 atom stereocenters. The lowest BCUT2D eigenvalue weighted by Crippen LogP contribution is -2.41. The fraction of sp³-hybridized carbons (Fsp3) is 0.538. The normalized spacial score (nSPS) is 19.4. The van der Waals surface area contributed by atoms with Gasteiger partial charge in [0.2, 0.25) is 0 Å². The lowest BCUT2D eigenvalue weighted by molar-refractivity contribution is 0.00578. The number of hydrogen-bond acceptors (Lipinski definition) is 6. The monoisotopic (exact) mass is 500 g/mol. The van der Waals surface area contributed by atoms with Gasteiger partial charge in [-0.2, -0.15) is 0 Å². The highest BCUT2D eigenvalue weighted by Gasteiger charge is 2.52. The van der Waals surface area contributed by atoms with Crippen LogP contribution in [0.5, 0.6) is 0 Å². The molecule has 3 heterocycles. The number of rotatable bonds is 3. The van der Waals surface area contributed by atoms with Crippen molar-refractivity contribution in [2.45, 2.75) is 71.7 Å². The maximum absolute atomic E-state index is 15.9. The number of halogens is 1. The highest BCUT2D eigenvalue weighted by molar-refractivity contribution is 6.65. The molecule has 2 aliphatic heterocycles. The van der Waals surface area contributed by atoms with Crippen LogP contribution in [0.15, 0.2) is 18.2 Å². The Morgan fingerprint density at radius 2 is 1.78 bits per heavy atom. The second-order valence-electron chi connectivity index (χ2n) is 11.3. The summed E-state index contributed by atoms with van der Waals surface area (Å²) in [7, 11) is 0.449. The molecule has 0 saturated carbocycles. The van der Waals surface area contributed by atoms with E-state index in [1.165, 1.54) is 13.2 Å². The first-order valence-electron chi connectivity index (χ1n) is 12.1. The summed E-state index contributed by atoms with van der Waals surface area (Å²) in [6.07, 6.45) is 2.01. The van der Waals surface area contributed by atoms with Crippen LogP contribution in [0.25, 0.3) is 16.5 Å². The van der Waals surface area contributed by atoms with E-state index in [2.05, 4.69) is 4.98 Å². The van der Waals surface area contributed by atoms with Crippen LogP contribution >= 0.6 is 0 Å². The van der Waals surface area contributed by atoms with E-state index < -0.39 is 41.8 Å². The number of carbonyl (C=O) groups excluding carboxylic acids is 2. The molecule has 0 unspecified atom stereocenters. The third-order valence-electron chi connectivity index (χ3n) is 6.93. The van der Waals surface area contributed by atoms with Gasteiger partial charge in [0.25, 0.3) is 0 Å². The van der Waals surface area contributed by atoms with Crippen molar-refractivity contribution < 1.29 is 32.8 Å². The summed E-state index contributed by atoms with van der Waals surface area (Å²) < 4.78 is 38.7. The van der Waals surface area contributed by atoms with E-state index in [0.29, 0.717) is 29.5 Å². The van der Waals surface area contributed by atoms with E-state index >= 15 is 4.39 Å². The lowest BCUT2D eigenvalue weighted by Gasteiger charge is -2.32. The number of H-pyrrole nitrogens is 1. The average molecular weight is 500 g/mol. The van der Waals surface area contributed by atoms with Crippen molar-refractivity contribution in [3.05, 3.63) is 35.3 Å². The van der Waals surface area contributed by atoms with Crippen molar-refractivity contribution in [1.29, 1.82) is 0 Å². The number of methoxy groups -OCH3 is 1. The molecule has 4 rings (SSSR count). The number of aromatic amines is 1. The molecule has 1 fully saturated rings. The number of esters is 1. The molecule has 36 heavy (non-hydrogen) atoms. The second kappa shape index (κ2) is 8.92. The molecule has 1 aromatic carbocycles. The van der Waals surface area contributed by atoms with Gasteiger partial charge in [0.15, 0.2) is 5.82 Å². The Kier molecular flexibility index (Phi) is 6.50. The molecule has 1 N–H and O–H groups in total. The minimum absolute atomic E-state index is 0.187. The summed E-state index contributed by atoms with van der Waals surface area (Å²) in [6.45, 7) is 13.8. The number of hydrogen-bond donors (Lipinski definition) is 1. The molecule has 0 radical (unpaired) electrons. The van der Waals surface area contributed by atoms with E-state index in [1.807, 2.05) is 33.8 Å². The molecule has 8 nitrogen and oxygen atoms in total. The van der Waals surface area contributed by atoms with E-state index in [4.69, 9.17) is 18.8 Å². The first-order chi connectivity index (χ1) is 16.6. The predicted molar refractivity (Wildman–Crippen MR) is 136 cm³/mol. The van der Waals surface area contributed by atoms with Gasteiger partial charge in [-0.1, -0.05) is 6.08 Å². The van der Waals surface area contributed by atoms with Crippen LogP contribution in [0.1, 0.15) is 70.9 Å². The van der Waals surface area contributed by atoms with E-state index in [1.54, 1.807) is 31.7 Å². The minimum Gasteiger partial charge on any atom is -0.465 e. The Bertz CT molecular complexity index is 1230. The van der Waals surface area contributed by atoms with Crippen molar-refractivity contribution in [2.24, 2.45) is 0 Å². The van der Waals surface area contributed by atoms with Gasteiger partial charge in [-0.05, 0) is 72.6 Å². The number of amides is 1. The average Bonchev–Trinajstić information content (AvgIpc) is 3.23. The quantitative estimate of drug-likeness (QED) is 0.496. The summed E-state index contributed by atoms with van der Waals surface area (Å²) in [5.41, 5.74) is 0.136. The Hall–Kier alpha value is -2.85. The first-order valence-corrected chi connectivity index (χ1v) is 12.1. The van der Waals surface area contributed by atoms with Gasteiger partial charge in [-0.3, -0.25) is 0 Å². The Morgan fingerprint density at radius 1 is 1.14 bits per heavy atom. The van der Waals surface area contributed by atoms with Crippen LogP contribution in [0.3, 0.4) is 0 Å². The van der Waals surface area contributed by atoms with E-state index in [-0.39, 0.29) is 23.2 Å². The largest absolute Gasteiger partial charge is 0.497 e. The van der Waals surface area contributed by atoms with Gasteiger partial charge in [0.05, 0.1) is 36.1 Å². The van der Waals surface area contributed by atoms with E-state index in [9.17, 15) is 9.59 Å². The Morgan fingerprint density at radius 3 is 2.36 bits per heavy atom. The zero-order valence-electron chi connectivity index (χ0n) is 22.2. The van der Waals surface area contributed by atoms with Crippen molar-refractivity contribution in [3.63, 3.8) is 0 Å². The van der Waals surface area contributed by atoms with Gasteiger partial charge < -0.3 is 28.7 Å². The van der Waals surface area contributed by atoms with Gasteiger partial charge in [-0.25, -0.2) is 14.0 Å². The third-order valence-corrected chi connectivity index (χ3v) is 6.93. The van der Waals surface area contributed by atoms with Crippen LogP contribution in [0.4, 0.5) is 9.18 Å². The highest BCUT2D eigenvalue weighted by Crippen LogP contribution is 2.38. The zero-order chi connectivity index (χ0) is 26.6. The molecule has 2 aromatic rings. The SMILES string of the molecule is COC(=O)c1cc(B2OC(C)(C)C(C)(C)O2)c2[nH]c(C3=CCCN(C(=O)OC(C)(C)C)C3)c(F)c2c1. The zero-order valence-corrected chi connectivity index (χ0v) is 22.2. The van der Waals surface area contributed by atoms with Crippen LogP contribution in [0.2, 0.25) is 0 Å². The minimum atomic E-state index is -0.827. The molecule has 1 aromatic heterocycles. The highest BCUT2D eigenvalue weighted by atomic mass is 19.1. The van der Waals surface area contributed by atoms with Gasteiger partial charge in [-0.15, -0.1) is 0 Å². The standard InChI is InChI=1S/C26H34BFN2O6/c1-24(2,3)34-23(32)30-11-9-10-15(14-30)20-19(28)17-12-16(22(31)33-8)13-18(21(17)29-20)27-35-25(4,5)26(6,7)36-27/h10,12-13,29H,9,11,14H2,1-8H3. The van der Waals surface area contributed by atoms with Gasteiger partial charge in [0.1, 0.15) is 5.60 Å². The van der Waals surface area contributed by atoms with Crippen molar-refractivity contribution in [2.75, 3.05) is 20.2 Å². The Labute approximate surface area is 211 Å². The molecule has 0 aliphatic carbocycles. The number of nitrogens with zero attached hydrogens (tertiary/aromatic N) is 1. The van der Waals surface area contributed by atoms with Crippen molar-refractivity contribution in [3.8, 4) is 0 Å². The summed E-state index contributed by atoms with van der Waals surface area (Å²) in [6, 6.07) is 3.07. The maximum Gasteiger partial charge on any atom is 0.497 e. The topological polar surface area (TPSA) is 90.1 Å². The van der Waals surface area contributed by atoms with Crippen LogP contribution in [-0.2, 0) is 18.8 Å². The van der Waals surface area contributed by atoms with Gasteiger partial charge >= 0.3 is 19.2 Å². The molecule has 2 aliphatic rings. The molecule has 0 spiro atoms. The molecular weight excluding hydrogens is 466 g/mol. The summed E-state index contributed by atoms with van der Waals surface area (Å²) in [5, 5.41) is 0.216. The molecule has 1 amide bonds. The summed E-state index contributed by atoms with van der Waals surface area (Å²) in [5.74, 6) is -1.12. The number of carbonyl (C=O) groups is 2. The predicted octanol–water partition coefficient (Wildman–Crippen LogP) is 4.42. The number of aromatic nitrogens is 1. The molecule has 1 saturated heterocycles. The van der Waals surface area contributed by atoms with E-state index in [0.717, 1.165) is 0 Å². The fourth-order valence-corrected chi connectivity index (χ4v) is 4.31. The van der Waals surface area contributed by atoms with Crippen molar-refractivity contribution in [1.82, 2.24) is 9.88 Å². The molecule has 10 heteroatoms. The van der Waals surface area contributed by atoms with Crippen LogP contribution < -0.4 is 5.46 Å². The van der Waals surface area contributed by atoms with Crippen LogP contribution in [0, 0.1) is 5.82 Å². The molecular formula is C26H34BFN2O6.